The Morgan fingerprint density at radius 3 is 2.53 bits per heavy atom. The third-order valence-corrected chi connectivity index (χ3v) is 4.53. The van der Waals surface area contributed by atoms with Crippen molar-refractivity contribution in [2.75, 3.05) is 5.75 Å². The summed E-state index contributed by atoms with van der Waals surface area (Å²) in [5.74, 6) is 1.09. The summed E-state index contributed by atoms with van der Waals surface area (Å²) in [6.45, 7) is 4.16. The quantitative estimate of drug-likeness (QED) is 0.855. The predicted molar refractivity (Wildman–Crippen MR) is 74.6 cm³/mol. The fourth-order valence-corrected chi connectivity index (χ4v) is 3.15. The van der Waals surface area contributed by atoms with Crippen LogP contribution in [0.4, 0.5) is 0 Å². The van der Waals surface area contributed by atoms with Crippen LogP contribution in [-0.4, -0.2) is 15.8 Å². The van der Waals surface area contributed by atoms with Crippen molar-refractivity contribution in [3.8, 4) is 10.6 Å². The molecular formula is C13H15NOS2. The molecule has 0 fully saturated rings. The average Bonchev–Trinajstić information content (AvgIpc) is 2.72. The van der Waals surface area contributed by atoms with Gasteiger partial charge < -0.3 is 5.11 Å². The van der Waals surface area contributed by atoms with Crippen LogP contribution in [-0.2, 0) is 6.61 Å². The lowest BCUT2D eigenvalue weighted by Crippen LogP contribution is -1.81. The molecule has 0 amide bonds. The summed E-state index contributed by atoms with van der Waals surface area (Å²) >= 11 is 3.40. The molecular weight excluding hydrogens is 250 g/mol. The molecule has 1 aromatic carbocycles. The Hall–Kier alpha value is -0.840. The fraction of sp³-hybridized carbons (Fsp3) is 0.308. The number of nitrogens with zero attached hydrogens (tertiary/aromatic N) is 1. The second-order valence-electron chi connectivity index (χ2n) is 3.64. The molecule has 0 unspecified atom stereocenters. The van der Waals surface area contributed by atoms with Gasteiger partial charge in [-0.1, -0.05) is 19.1 Å². The Morgan fingerprint density at radius 2 is 2.00 bits per heavy atom. The van der Waals surface area contributed by atoms with Crippen molar-refractivity contribution in [2.45, 2.75) is 25.3 Å². The average molecular weight is 265 g/mol. The van der Waals surface area contributed by atoms with Crippen molar-refractivity contribution < 1.29 is 5.11 Å². The molecule has 0 radical (unpaired) electrons. The smallest absolute Gasteiger partial charge is 0.123 e. The highest BCUT2D eigenvalue weighted by Crippen LogP contribution is 2.29. The zero-order chi connectivity index (χ0) is 12.3. The van der Waals surface area contributed by atoms with Gasteiger partial charge in [-0.2, -0.15) is 0 Å². The number of thiazole rings is 1. The molecule has 90 valence electrons. The van der Waals surface area contributed by atoms with Crippen molar-refractivity contribution in [1.29, 1.82) is 0 Å². The van der Waals surface area contributed by atoms with E-state index in [9.17, 15) is 0 Å². The number of aromatic nitrogens is 1. The lowest BCUT2D eigenvalue weighted by molar-refractivity contribution is 0.284. The van der Waals surface area contributed by atoms with Crippen LogP contribution in [0, 0.1) is 6.92 Å². The van der Waals surface area contributed by atoms with E-state index < -0.39 is 0 Å². The van der Waals surface area contributed by atoms with E-state index in [0.717, 1.165) is 26.9 Å². The molecule has 0 bridgehead atoms. The van der Waals surface area contributed by atoms with Crippen LogP contribution in [0.2, 0.25) is 0 Å². The summed E-state index contributed by atoms with van der Waals surface area (Å²) in [7, 11) is 0. The van der Waals surface area contributed by atoms with Gasteiger partial charge in [-0.3, -0.25) is 0 Å². The first-order valence-electron chi connectivity index (χ1n) is 5.55. The molecule has 2 rings (SSSR count). The Morgan fingerprint density at radius 1 is 1.29 bits per heavy atom. The van der Waals surface area contributed by atoms with E-state index in [4.69, 9.17) is 5.11 Å². The zero-order valence-corrected chi connectivity index (χ0v) is 11.6. The number of aliphatic hydroxyl groups is 1. The SMILES string of the molecule is CCSc1ccc(-c2nc(C)c(CO)s2)cc1. The van der Waals surface area contributed by atoms with Gasteiger partial charge >= 0.3 is 0 Å². The van der Waals surface area contributed by atoms with E-state index in [0.29, 0.717) is 0 Å². The molecule has 2 aromatic rings. The Kier molecular flexibility index (Phi) is 4.20. The molecule has 0 atom stereocenters. The number of benzene rings is 1. The third kappa shape index (κ3) is 2.89. The maximum atomic E-state index is 9.16. The molecule has 0 aliphatic carbocycles. The van der Waals surface area contributed by atoms with Gasteiger partial charge in [-0.05, 0) is 24.8 Å². The van der Waals surface area contributed by atoms with E-state index in [-0.39, 0.29) is 6.61 Å². The molecule has 1 N–H and O–H groups in total. The molecule has 0 spiro atoms. The van der Waals surface area contributed by atoms with Crippen LogP contribution in [0.1, 0.15) is 17.5 Å². The highest BCUT2D eigenvalue weighted by Gasteiger charge is 2.08. The summed E-state index contributed by atoms with van der Waals surface area (Å²) in [6.07, 6.45) is 0. The van der Waals surface area contributed by atoms with Gasteiger partial charge in [0.15, 0.2) is 0 Å². The largest absolute Gasteiger partial charge is 0.391 e. The summed E-state index contributed by atoms with van der Waals surface area (Å²) in [4.78, 5) is 6.71. The van der Waals surface area contributed by atoms with Crippen molar-refractivity contribution in [3.63, 3.8) is 0 Å². The van der Waals surface area contributed by atoms with Crippen LogP contribution in [0.15, 0.2) is 29.2 Å². The van der Waals surface area contributed by atoms with Crippen LogP contribution in [0.3, 0.4) is 0 Å². The summed E-state index contributed by atoms with van der Waals surface area (Å²) in [5.41, 5.74) is 2.05. The number of rotatable bonds is 4. The first-order valence-corrected chi connectivity index (χ1v) is 7.35. The summed E-state index contributed by atoms with van der Waals surface area (Å²) < 4.78 is 0. The third-order valence-electron chi connectivity index (χ3n) is 2.45. The highest BCUT2D eigenvalue weighted by atomic mass is 32.2. The molecule has 1 heterocycles. The van der Waals surface area contributed by atoms with Crippen LogP contribution < -0.4 is 0 Å². The van der Waals surface area contributed by atoms with Crippen molar-refractivity contribution in [2.24, 2.45) is 0 Å². The molecule has 2 nitrogen and oxygen atoms in total. The van der Waals surface area contributed by atoms with Crippen LogP contribution in [0.5, 0.6) is 0 Å². The van der Waals surface area contributed by atoms with Crippen LogP contribution >= 0.6 is 23.1 Å². The van der Waals surface area contributed by atoms with Gasteiger partial charge in [0.05, 0.1) is 17.2 Å². The lowest BCUT2D eigenvalue weighted by Gasteiger charge is -1.99. The number of aliphatic hydroxyl groups excluding tert-OH is 1. The number of thioether (sulfide) groups is 1. The zero-order valence-electron chi connectivity index (χ0n) is 9.93. The molecule has 0 saturated heterocycles. The molecule has 0 aliphatic rings. The molecule has 17 heavy (non-hydrogen) atoms. The minimum Gasteiger partial charge on any atom is -0.391 e. The van der Waals surface area contributed by atoms with E-state index in [1.165, 1.54) is 4.90 Å². The van der Waals surface area contributed by atoms with Gasteiger partial charge in [0.2, 0.25) is 0 Å². The van der Waals surface area contributed by atoms with Gasteiger partial charge in [0, 0.05) is 10.5 Å². The molecule has 4 heteroatoms. The lowest BCUT2D eigenvalue weighted by atomic mass is 10.2. The number of hydrogen-bond acceptors (Lipinski definition) is 4. The van der Waals surface area contributed by atoms with E-state index in [2.05, 4.69) is 36.2 Å². The predicted octanol–water partition coefficient (Wildman–Crippen LogP) is 3.72. The summed E-state index contributed by atoms with van der Waals surface area (Å²) in [6, 6.07) is 8.44. The van der Waals surface area contributed by atoms with Crippen LogP contribution in [0.25, 0.3) is 10.6 Å². The van der Waals surface area contributed by atoms with E-state index in [1.54, 1.807) is 11.3 Å². The molecule has 1 aromatic heterocycles. The summed E-state index contributed by atoms with van der Waals surface area (Å²) in [5, 5.41) is 10.1. The normalized spacial score (nSPS) is 10.8. The Labute approximate surface area is 110 Å². The van der Waals surface area contributed by atoms with Gasteiger partial charge in [-0.25, -0.2) is 4.98 Å². The minimum absolute atomic E-state index is 0.0767. The van der Waals surface area contributed by atoms with Crippen molar-refractivity contribution in [3.05, 3.63) is 34.8 Å². The maximum Gasteiger partial charge on any atom is 0.123 e. The monoisotopic (exact) mass is 265 g/mol. The Balaban J connectivity index is 2.26. The molecule has 0 aliphatic heterocycles. The Bertz CT molecular complexity index is 491. The first kappa shape index (κ1) is 12.6. The van der Waals surface area contributed by atoms with Gasteiger partial charge in [0.25, 0.3) is 0 Å². The maximum absolute atomic E-state index is 9.16. The number of aryl methyl sites for hydroxylation is 1. The van der Waals surface area contributed by atoms with E-state index in [1.807, 2.05) is 18.7 Å². The molecule has 0 saturated carbocycles. The second-order valence-corrected chi connectivity index (χ2v) is 6.06. The second kappa shape index (κ2) is 5.67. The van der Waals surface area contributed by atoms with Gasteiger partial charge in [-0.15, -0.1) is 23.1 Å². The topological polar surface area (TPSA) is 33.1 Å². The van der Waals surface area contributed by atoms with E-state index >= 15 is 0 Å². The van der Waals surface area contributed by atoms with Gasteiger partial charge in [0.1, 0.15) is 5.01 Å². The first-order chi connectivity index (χ1) is 8.24. The van der Waals surface area contributed by atoms with Crippen molar-refractivity contribution >= 4 is 23.1 Å². The van der Waals surface area contributed by atoms with Crippen molar-refractivity contribution in [1.82, 2.24) is 4.98 Å². The number of hydrogen-bond donors (Lipinski definition) is 1. The standard InChI is InChI=1S/C13H15NOS2/c1-3-16-11-6-4-10(5-7-11)13-14-9(2)12(8-15)17-13/h4-7,15H,3,8H2,1-2H3. The fourth-order valence-electron chi connectivity index (χ4n) is 1.56. The minimum atomic E-state index is 0.0767. The highest BCUT2D eigenvalue weighted by molar-refractivity contribution is 7.99.